The molecule has 9 nitrogen and oxygen atoms in total. The molecule has 41 heavy (non-hydrogen) atoms. The number of nitrogens with one attached hydrogen (secondary N) is 1. The predicted molar refractivity (Wildman–Crippen MR) is 153 cm³/mol. The van der Waals surface area contributed by atoms with Gasteiger partial charge in [0.2, 0.25) is 5.91 Å². The first-order valence-electron chi connectivity index (χ1n) is 13.2. The third-order valence-corrected chi connectivity index (χ3v) is 7.55. The van der Waals surface area contributed by atoms with Crippen LogP contribution in [0.2, 0.25) is 5.02 Å². The summed E-state index contributed by atoms with van der Waals surface area (Å²) in [5.74, 6) is -0.845. The minimum atomic E-state index is -0.454. The molecule has 2 bridgehead atoms. The lowest BCUT2D eigenvalue weighted by Crippen LogP contribution is -2.27. The van der Waals surface area contributed by atoms with Gasteiger partial charge in [-0.1, -0.05) is 30.2 Å². The number of carbonyl (C=O) groups is 1. The SMILES string of the molecule is C[C@@H]1CCC[C@H](n2cnc(-c3cc(Cl)ccc3-n3ccnn3)cc2=O)c2cc(ccn2)-c2cc(F)ccc2NC1=O. The van der Waals surface area contributed by atoms with Gasteiger partial charge in [0.05, 0.1) is 41.8 Å². The molecule has 0 fully saturated rings. The van der Waals surface area contributed by atoms with Crippen LogP contribution in [0.4, 0.5) is 10.1 Å². The maximum atomic E-state index is 14.3. The summed E-state index contributed by atoms with van der Waals surface area (Å²) in [4.78, 5) is 35.8. The monoisotopic (exact) mass is 569 g/mol. The molecule has 0 unspecified atom stereocenters. The zero-order chi connectivity index (χ0) is 28.5. The van der Waals surface area contributed by atoms with E-state index in [0.717, 1.165) is 0 Å². The highest BCUT2D eigenvalue weighted by molar-refractivity contribution is 6.31. The van der Waals surface area contributed by atoms with E-state index in [1.807, 2.05) is 13.0 Å². The molecule has 1 amide bonds. The molecule has 0 saturated heterocycles. The van der Waals surface area contributed by atoms with E-state index in [1.165, 1.54) is 24.5 Å². The van der Waals surface area contributed by atoms with Crippen molar-refractivity contribution in [1.29, 1.82) is 0 Å². The van der Waals surface area contributed by atoms with Gasteiger partial charge in [-0.3, -0.25) is 19.1 Å². The number of fused-ring (bicyclic) bond motifs is 4. The van der Waals surface area contributed by atoms with Crippen LogP contribution in [-0.4, -0.2) is 35.4 Å². The molecule has 5 aromatic rings. The van der Waals surface area contributed by atoms with E-state index in [0.29, 0.717) is 63.7 Å². The molecule has 11 heteroatoms. The third-order valence-electron chi connectivity index (χ3n) is 7.31. The van der Waals surface area contributed by atoms with Crippen LogP contribution in [0.3, 0.4) is 0 Å². The number of benzene rings is 2. The Morgan fingerprint density at radius 2 is 1.85 bits per heavy atom. The molecule has 0 aliphatic carbocycles. The average Bonchev–Trinajstić information content (AvgIpc) is 3.51. The Balaban J connectivity index is 1.44. The van der Waals surface area contributed by atoms with Crippen LogP contribution in [-0.2, 0) is 4.79 Å². The summed E-state index contributed by atoms with van der Waals surface area (Å²) < 4.78 is 17.4. The largest absolute Gasteiger partial charge is 0.325 e. The molecule has 0 saturated carbocycles. The minimum absolute atomic E-state index is 0.142. The van der Waals surface area contributed by atoms with E-state index in [4.69, 9.17) is 11.6 Å². The highest BCUT2D eigenvalue weighted by Gasteiger charge is 2.23. The summed E-state index contributed by atoms with van der Waals surface area (Å²) in [6, 6.07) is 14.1. The van der Waals surface area contributed by atoms with Gasteiger partial charge in [-0.15, -0.1) is 5.10 Å². The van der Waals surface area contributed by atoms with Crippen LogP contribution >= 0.6 is 11.6 Å². The van der Waals surface area contributed by atoms with Gasteiger partial charge in [0.15, 0.2) is 0 Å². The highest BCUT2D eigenvalue weighted by atomic mass is 35.5. The van der Waals surface area contributed by atoms with Gasteiger partial charge >= 0.3 is 0 Å². The summed E-state index contributed by atoms with van der Waals surface area (Å²) >= 11 is 6.30. The number of amides is 1. The summed E-state index contributed by atoms with van der Waals surface area (Å²) in [6.07, 6.45) is 8.22. The van der Waals surface area contributed by atoms with Gasteiger partial charge in [0, 0.05) is 40.0 Å². The summed E-state index contributed by atoms with van der Waals surface area (Å²) in [6.45, 7) is 1.86. The van der Waals surface area contributed by atoms with Gasteiger partial charge in [-0.2, -0.15) is 0 Å². The zero-order valence-corrected chi connectivity index (χ0v) is 22.8. The molecule has 2 atom stereocenters. The van der Waals surface area contributed by atoms with E-state index in [2.05, 4.69) is 25.6 Å². The summed E-state index contributed by atoms with van der Waals surface area (Å²) in [5.41, 5.74) is 3.84. The van der Waals surface area contributed by atoms with Gasteiger partial charge in [-0.25, -0.2) is 14.1 Å². The standard InChI is InChI=1S/C30H25ClFN7O2/c1-18-3-2-4-28(26-13-19(9-10-33-26)22-15-21(32)6-7-24(22)36-30(18)41)38-17-34-25(16-29(38)40)23-14-20(31)5-8-27(23)39-12-11-35-37-39/h5-18,28H,2-4H2,1H3,(H,36,41)/t18-,28+/m1/s1. The van der Waals surface area contributed by atoms with Crippen molar-refractivity contribution in [2.75, 3.05) is 5.32 Å². The molecule has 4 heterocycles. The number of halogens is 2. The Morgan fingerprint density at radius 1 is 0.976 bits per heavy atom. The van der Waals surface area contributed by atoms with E-state index in [9.17, 15) is 14.0 Å². The van der Waals surface area contributed by atoms with Crippen LogP contribution < -0.4 is 10.9 Å². The van der Waals surface area contributed by atoms with Crippen LogP contribution in [0.1, 0.15) is 37.9 Å². The fraction of sp³-hybridized carbons (Fsp3) is 0.200. The molecule has 206 valence electrons. The number of hydrogen-bond acceptors (Lipinski definition) is 6. The van der Waals surface area contributed by atoms with Gasteiger partial charge in [-0.05, 0) is 66.9 Å². The lowest BCUT2D eigenvalue weighted by molar-refractivity contribution is -0.119. The fourth-order valence-corrected chi connectivity index (χ4v) is 5.31. The Bertz CT molecular complexity index is 1810. The first kappa shape index (κ1) is 26.5. The van der Waals surface area contributed by atoms with Gasteiger partial charge in [0.1, 0.15) is 5.82 Å². The Kier molecular flexibility index (Phi) is 7.15. The summed E-state index contributed by atoms with van der Waals surface area (Å²) in [5, 5.41) is 11.4. The van der Waals surface area contributed by atoms with Crippen molar-refractivity contribution in [3.8, 4) is 28.1 Å². The second-order valence-corrected chi connectivity index (χ2v) is 10.5. The number of aromatic nitrogens is 6. The number of rotatable bonds is 3. The quantitative estimate of drug-likeness (QED) is 0.299. The number of carbonyl (C=O) groups excluding carboxylic acids is 1. The molecule has 0 spiro atoms. The molecule has 1 aliphatic heterocycles. The van der Waals surface area contributed by atoms with Crippen molar-refractivity contribution in [3.63, 3.8) is 0 Å². The lowest BCUT2D eigenvalue weighted by Gasteiger charge is -2.23. The smallest absolute Gasteiger partial charge is 0.254 e. The second kappa shape index (κ2) is 11.1. The van der Waals surface area contributed by atoms with Crippen molar-refractivity contribution >= 4 is 23.2 Å². The third kappa shape index (κ3) is 5.38. The van der Waals surface area contributed by atoms with Crippen LogP contribution in [0.5, 0.6) is 0 Å². The Labute approximate surface area is 239 Å². The van der Waals surface area contributed by atoms with Crippen molar-refractivity contribution in [1.82, 2.24) is 29.5 Å². The first-order valence-corrected chi connectivity index (χ1v) is 13.6. The fourth-order valence-electron chi connectivity index (χ4n) is 5.14. The average molecular weight is 570 g/mol. The molecule has 2 aromatic carbocycles. The van der Waals surface area contributed by atoms with E-state index < -0.39 is 11.9 Å². The van der Waals surface area contributed by atoms with Crippen molar-refractivity contribution in [2.45, 2.75) is 32.2 Å². The normalized spacial score (nSPS) is 17.2. The molecular weight excluding hydrogens is 545 g/mol. The van der Waals surface area contributed by atoms with E-state index in [1.54, 1.807) is 58.2 Å². The maximum absolute atomic E-state index is 14.3. The van der Waals surface area contributed by atoms with Gasteiger partial charge < -0.3 is 5.32 Å². The number of pyridine rings is 1. The topological polar surface area (TPSA) is 108 Å². The Morgan fingerprint density at radius 3 is 2.66 bits per heavy atom. The molecular formula is C30H25ClFN7O2. The van der Waals surface area contributed by atoms with Crippen LogP contribution in [0.15, 0.2) is 84.3 Å². The minimum Gasteiger partial charge on any atom is -0.325 e. The molecule has 0 radical (unpaired) electrons. The summed E-state index contributed by atoms with van der Waals surface area (Å²) in [7, 11) is 0. The van der Waals surface area contributed by atoms with Crippen LogP contribution in [0, 0.1) is 11.7 Å². The number of anilines is 1. The second-order valence-electron chi connectivity index (χ2n) is 10.0. The predicted octanol–water partition coefficient (Wildman–Crippen LogP) is 5.69. The van der Waals surface area contributed by atoms with Crippen molar-refractivity contribution in [2.24, 2.45) is 5.92 Å². The van der Waals surface area contributed by atoms with E-state index >= 15 is 0 Å². The van der Waals surface area contributed by atoms with E-state index in [-0.39, 0.29) is 17.4 Å². The first-order chi connectivity index (χ1) is 19.9. The van der Waals surface area contributed by atoms with Gasteiger partial charge in [0.25, 0.3) is 5.56 Å². The Hall–Kier alpha value is -4.70. The number of hydrogen-bond donors (Lipinski definition) is 1. The molecule has 1 aliphatic rings. The number of nitrogens with zero attached hydrogens (tertiary/aromatic N) is 6. The maximum Gasteiger partial charge on any atom is 0.254 e. The highest BCUT2D eigenvalue weighted by Crippen LogP contribution is 2.34. The molecule has 1 N–H and O–H groups in total. The van der Waals surface area contributed by atoms with Crippen LogP contribution in [0.25, 0.3) is 28.1 Å². The zero-order valence-electron chi connectivity index (χ0n) is 22.0. The lowest BCUT2D eigenvalue weighted by atomic mass is 9.95. The van der Waals surface area contributed by atoms with Crippen molar-refractivity contribution in [3.05, 3.63) is 106 Å². The molecule has 3 aromatic heterocycles. The molecule has 6 rings (SSSR count). The van der Waals surface area contributed by atoms with Crippen molar-refractivity contribution < 1.29 is 9.18 Å².